The van der Waals surface area contributed by atoms with Crippen LogP contribution < -0.4 is 10.2 Å². The summed E-state index contributed by atoms with van der Waals surface area (Å²) in [6.45, 7) is 3.11. The first kappa shape index (κ1) is 15.2. The lowest BCUT2D eigenvalue weighted by atomic mass is 9.96. The molecule has 4 rings (SSSR count). The first-order chi connectivity index (χ1) is 11.8. The average molecular weight is 328 g/mol. The third-order valence-corrected chi connectivity index (χ3v) is 5.09. The van der Waals surface area contributed by atoms with Gasteiger partial charge in [0.2, 0.25) is 0 Å². The van der Waals surface area contributed by atoms with Crippen LogP contribution in [0.1, 0.15) is 32.1 Å². The molecule has 1 N–H and O–H groups in total. The number of urea groups is 1. The van der Waals surface area contributed by atoms with Crippen molar-refractivity contribution < 1.29 is 4.79 Å². The Kier molecular flexibility index (Phi) is 4.23. The fraction of sp³-hybridized carbons (Fsp3) is 0.588. The number of fused-ring (bicyclic) bond motifs is 1. The number of rotatable bonds is 2. The van der Waals surface area contributed by atoms with Crippen LogP contribution in [0.2, 0.25) is 0 Å². The Morgan fingerprint density at radius 1 is 1.04 bits per heavy atom. The lowest BCUT2D eigenvalue weighted by Crippen LogP contribution is -2.54. The molecular weight excluding hydrogens is 304 g/mol. The van der Waals surface area contributed by atoms with Crippen LogP contribution in [0.5, 0.6) is 0 Å². The number of hydrogen-bond acceptors (Lipinski definition) is 4. The number of anilines is 1. The minimum absolute atomic E-state index is 0.0977. The highest BCUT2D eigenvalue weighted by Gasteiger charge is 2.24. The summed E-state index contributed by atoms with van der Waals surface area (Å²) in [5, 5.41) is 7.55. The van der Waals surface area contributed by atoms with Crippen LogP contribution in [0.15, 0.2) is 24.5 Å². The van der Waals surface area contributed by atoms with E-state index in [-0.39, 0.29) is 6.03 Å². The van der Waals surface area contributed by atoms with E-state index in [1.54, 1.807) is 6.20 Å². The summed E-state index contributed by atoms with van der Waals surface area (Å²) in [7, 11) is 0. The first-order valence-electron chi connectivity index (χ1n) is 8.90. The summed E-state index contributed by atoms with van der Waals surface area (Å²) >= 11 is 0. The Balaban J connectivity index is 1.36. The van der Waals surface area contributed by atoms with Gasteiger partial charge in [0.1, 0.15) is 5.82 Å². The maximum absolute atomic E-state index is 12.4. The minimum atomic E-state index is 0.0977. The van der Waals surface area contributed by atoms with Gasteiger partial charge in [0.05, 0.1) is 6.20 Å². The Hall–Kier alpha value is -2.31. The molecule has 2 fully saturated rings. The number of hydrogen-bond donors (Lipinski definition) is 1. The second-order valence-corrected chi connectivity index (χ2v) is 6.66. The zero-order chi connectivity index (χ0) is 16.4. The van der Waals surface area contributed by atoms with Gasteiger partial charge in [-0.15, -0.1) is 0 Å². The SMILES string of the molecule is O=C(NC1CCCCC1)N1CCN(c2ccnc3ccnn23)CC1. The first-order valence-corrected chi connectivity index (χ1v) is 8.90. The van der Waals surface area contributed by atoms with Gasteiger partial charge in [-0.1, -0.05) is 19.3 Å². The van der Waals surface area contributed by atoms with Gasteiger partial charge in [-0.25, -0.2) is 9.78 Å². The molecule has 3 heterocycles. The number of nitrogens with one attached hydrogen (secondary N) is 1. The number of carbonyl (C=O) groups is 1. The zero-order valence-electron chi connectivity index (χ0n) is 13.9. The van der Waals surface area contributed by atoms with Gasteiger partial charge in [0, 0.05) is 44.5 Å². The Labute approximate surface area is 141 Å². The summed E-state index contributed by atoms with van der Waals surface area (Å²) in [5.74, 6) is 1.04. The van der Waals surface area contributed by atoms with E-state index in [0.717, 1.165) is 50.5 Å². The Bertz CT molecular complexity index is 700. The molecule has 0 spiro atoms. The molecule has 1 saturated heterocycles. The summed E-state index contributed by atoms with van der Waals surface area (Å²) in [6, 6.07) is 4.35. The van der Waals surface area contributed by atoms with Crippen molar-refractivity contribution in [3.63, 3.8) is 0 Å². The monoisotopic (exact) mass is 328 g/mol. The van der Waals surface area contributed by atoms with Crippen LogP contribution in [-0.2, 0) is 0 Å². The second-order valence-electron chi connectivity index (χ2n) is 6.66. The van der Waals surface area contributed by atoms with Gasteiger partial charge >= 0.3 is 6.03 Å². The normalized spacial score (nSPS) is 19.7. The van der Waals surface area contributed by atoms with E-state index in [1.807, 2.05) is 27.7 Å². The van der Waals surface area contributed by atoms with Gasteiger partial charge in [-0.3, -0.25) is 0 Å². The molecule has 7 nitrogen and oxygen atoms in total. The summed E-state index contributed by atoms with van der Waals surface area (Å²) < 4.78 is 1.86. The second kappa shape index (κ2) is 6.67. The van der Waals surface area contributed by atoms with E-state index < -0.39 is 0 Å². The Morgan fingerprint density at radius 2 is 1.83 bits per heavy atom. The van der Waals surface area contributed by atoms with E-state index in [4.69, 9.17) is 0 Å². The van der Waals surface area contributed by atoms with Gasteiger partial charge in [-0.2, -0.15) is 9.61 Å². The van der Waals surface area contributed by atoms with Crippen LogP contribution in [0.4, 0.5) is 10.6 Å². The lowest BCUT2D eigenvalue weighted by molar-refractivity contribution is 0.186. The van der Waals surface area contributed by atoms with E-state index >= 15 is 0 Å². The van der Waals surface area contributed by atoms with Crippen molar-refractivity contribution in [3.8, 4) is 0 Å². The van der Waals surface area contributed by atoms with Crippen LogP contribution in [0, 0.1) is 0 Å². The lowest BCUT2D eigenvalue weighted by Gasteiger charge is -2.37. The number of amides is 2. The molecule has 0 bridgehead atoms. The third-order valence-electron chi connectivity index (χ3n) is 5.09. The molecule has 0 aromatic carbocycles. The number of carbonyl (C=O) groups excluding carboxylic acids is 1. The molecule has 2 aromatic rings. The van der Waals surface area contributed by atoms with Gasteiger partial charge in [0.25, 0.3) is 0 Å². The smallest absolute Gasteiger partial charge is 0.317 e. The predicted octanol–water partition coefficient (Wildman–Crippen LogP) is 1.89. The van der Waals surface area contributed by atoms with Crippen molar-refractivity contribution in [1.29, 1.82) is 0 Å². The van der Waals surface area contributed by atoms with Crippen molar-refractivity contribution in [2.45, 2.75) is 38.1 Å². The van der Waals surface area contributed by atoms with Gasteiger partial charge in [-0.05, 0) is 18.9 Å². The fourth-order valence-corrected chi connectivity index (χ4v) is 3.71. The largest absolute Gasteiger partial charge is 0.353 e. The topological polar surface area (TPSA) is 65.8 Å². The van der Waals surface area contributed by atoms with Crippen LogP contribution in [-0.4, -0.2) is 57.7 Å². The van der Waals surface area contributed by atoms with Crippen LogP contribution >= 0.6 is 0 Å². The van der Waals surface area contributed by atoms with Crippen molar-refractivity contribution in [2.75, 3.05) is 31.1 Å². The summed E-state index contributed by atoms with van der Waals surface area (Å²) in [5.41, 5.74) is 0.852. The van der Waals surface area contributed by atoms with Crippen molar-refractivity contribution in [3.05, 3.63) is 24.5 Å². The highest BCUT2D eigenvalue weighted by molar-refractivity contribution is 5.75. The van der Waals surface area contributed by atoms with E-state index in [1.165, 1.54) is 19.3 Å². The highest BCUT2D eigenvalue weighted by Crippen LogP contribution is 2.19. The van der Waals surface area contributed by atoms with E-state index in [0.29, 0.717) is 6.04 Å². The quantitative estimate of drug-likeness (QED) is 0.914. The fourth-order valence-electron chi connectivity index (χ4n) is 3.71. The minimum Gasteiger partial charge on any atom is -0.353 e. The molecule has 2 aromatic heterocycles. The molecule has 0 unspecified atom stereocenters. The average Bonchev–Trinajstić information content (AvgIpc) is 3.11. The van der Waals surface area contributed by atoms with Crippen molar-refractivity contribution in [1.82, 2.24) is 24.8 Å². The Morgan fingerprint density at radius 3 is 2.62 bits per heavy atom. The summed E-state index contributed by atoms with van der Waals surface area (Å²) in [4.78, 5) is 21.0. The standard InChI is InChI=1S/C17H24N6O/c24-17(20-14-4-2-1-3-5-14)22-12-10-21(11-13-22)16-7-8-18-15-6-9-19-23(15)16/h6-9,14H,1-5,10-13H2,(H,20,24). The molecule has 0 atom stereocenters. The van der Waals surface area contributed by atoms with Gasteiger partial charge in [0.15, 0.2) is 5.65 Å². The zero-order valence-corrected chi connectivity index (χ0v) is 13.9. The van der Waals surface area contributed by atoms with Crippen molar-refractivity contribution >= 4 is 17.5 Å². The van der Waals surface area contributed by atoms with E-state index in [9.17, 15) is 4.79 Å². The maximum atomic E-state index is 12.4. The molecule has 24 heavy (non-hydrogen) atoms. The highest BCUT2D eigenvalue weighted by atomic mass is 16.2. The predicted molar refractivity (Wildman–Crippen MR) is 92.2 cm³/mol. The molecule has 1 aliphatic carbocycles. The van der Waals surface area contributed by atoms with E-state index in [2.05, 4.69) is 20.3 Å². The molecule has 1 saturated carbocycles. The van der Waals surface area contributed by atoms with Gasteiger partial charge < -0.3 is 15.1 Å². The van der Waals surface area contributed by atoms with Crippen LogP contribution in [0.3, 0.4) is 0 Å². The maximum Gasteiger partial charge on any atom is 0.317 e. The summed E-state index contributed by atoms with van der Waals surface area (Å²) in [6.07, 6.45) is 9.61. The molecule has 1 aliphatic heterocycles. The molecule has 2 aliphatic rings. The molecular formula is C17H24N6O. The number of aromatic nitrogens is 3. The third kappa shape index (κ3) is 3.02. The number of nitrogens with zero attached hydrogens (tertiary/aromatic N) is 5. The van der Waals surface area contributed by atoms with Crippen molar-refractivity contribution in [2.24, 2.45) is 0 Å². The molecule has 128 valence electrons. The number of piperazine rings is 1. The molecule has 0 radical (unpaired) electrons. The van der Waals surface area contributed by atoms with Crippen LogP contribution in [0.25, 0.3) is 5.65 Å². The molecule has 2 amide bonds. The molecule has 7 heteroatoms.